The zero-order valence-corrected chi connectivity index (χ0v) is 18.1. The van der Waals surface area contributed by atoms with Crippen molar-refractivity contribution in [1.82, 2.24) is 19.9 Å². The summed E-state index contributed by atoms with van der Waals surface area (Å²) in [5, 5.41) is 2.13. The summed E-state index contributed by atoms with van der Waals surface area (Å²) < 4.78 is 0. The van der Waals surface area contributed by atoms with E-state index in [2.05, 4.69) is 50.0 Å². The lowest BCUT2D eigenvalue weighted by atomic mass is 10.0. The van der Waals surface area contributed by atoms with E-state index in [0.717, 1.165) is 59.6 Å². The molecule has 0 amide bonds. The molecule has 1 fully saturated rings. The number of hydrogen-bond acceptors (Lipinski definition) is 6. The van der Waals surface area contributed by atoms with Gasteiger partial charge in [0.05, 0.1) is 6.42 Å². The van der Waals surface area contributed by atoms with Gasteiger partial charge in [-0.2, -0.15) is 0 Å². The molecule has 4 heterocycles. The molecule has 0 radical (unpaired) electrons. The number of carbonyl (C=O) groups is 1. The molecule has 4 aromatic rings. The van der Waals surface area contributed by atoms with Gasteiger partial charge in [0.1, 0.15) is 5.82 Å². The van der Waals surface area contributed by atoms with Crippen LogP contribution in [0.15, 0.2) is 73.3 Å². The van der Waals surface area contributed by atoms with E-state index in [1.54, 1.807) is 24.7 Å². The van der Waals surface area contributed by atoms with Gasteiger partial charge in [-0.25, -0.2) is 4.98 Å². The van der Waals surface area contributed by atoms with Gasteiger partial charge < -0.3 is 9.80 Å². The standard InChI is InChI=1S/C26H25N5O/c1-30-10-12-31(13-11-30)26-16-21(6-9-28-26)25(32)17-24-15-23-14-20(2-3-22(23)18-29-24)19-4-7-27-8-5-19/h2-9,14-16,18H,10-13,17H2,1H3. The van der Waals surface area contributed by atoms with E-state index >= 15 is 0 Å². The molecule has 32 heavy (non-hydrogen) atoms. The van der Waals surface area contributed by atoms with Gasteiger partial charge in [-0.05, 0) is 60.0 Å². The third-order valence-corrected chi connectivity index (χ3v) is 6.03. The van der Waals surface area contributed by atoms with Crippen LogP contribution in [-0.2, 0) is 6.42 Å². The Morgan fingerprint density at radius 2 is 1.66 bits per heavy atom. The second kappa shape index (κ2) is 8.85. The molecule has 3 aromatic heterocycles. The highest BCUT2D eigenvalue weighted by Crippen LogP contribution is 2.24. The summed E-state index contributed by atoms with van der Waals surface area (Å²) in [6.07, 6.45) is 7.43. The van der Waals surface area contributed by atoms with E-state index in [1.165, 1.54) is 0 Å². The van der Waals surface area contributed by atoms with Crippen LogP contribution in [0.25, 0.3) is 21.9 Å². The number of ketones is 1. The van der Waals surface area contributed by atoms with Gasteiger partial charge in [0, 0.05) is 67.6 Å². The predicted molar refractivity (Wildman–Crippen MR) is 127 cm³/mol. The van der Waals surface area contributed by atoms with Gasteiger partial charge >= 0.3 is 0 Å². The summed E-state index contributed by atoms with van der Waals surface area (Å²) in [6, 6.07) is 16.0. The van der Waals surface area contributed by atoms with Gasteiger partial charge in [0.15, 0.2) is 5.78 Å². The highest BCUT2D eigenvalue weighted by Gasteiger charge is 2.17. The maximum absolute atomic E-state index is 13.0. The van der Waals surface area contributed by atoms with Crippen LogP contribution in [0.2, 0.25) is 0 Å². The number of nitrogens with zero attached hydrogens (tertiary/aromatic N) is 5. The Morgan fingerprint density at radius 3 is 2.47 bits per heavy atom. The van der Waals surface area contributed by atoms with E-state index in [1.807, 2.05) is 30.5 Å². The number of Topliss-reactive ketones (excluding diaryl/α,β-unsaturated/α-hetero) is 1. The number of piperazine rings is 1. The fraction of sp³-hybridized carbons (Fsp3) is 0.231. The Labute approximate surface area is 187 Å². The van der Waals surface area contributed by atoms with Crippen LogP contribution >= 0.6 is 0 Å². The van der Waals surface area contributed by atoms with Gasteiger partial charge in [-0.1, -0.05) is 12.1 Å². The predicted octanol–water partition coefficient (Wildman–Crippen LogP) is 3.87. The lowest BCUT2D eigenvalue weighted by Gasteiger charge is -2.33. The number of pyridine rings is 3. The average Bonchev–Trinajstić information content (AvgIpc) is 2.84. The molecular weight excluding hydrogens is 398 g/mol. The van der Waals surface area contributed by atoms with Crippen LogP contribution in [0, 0.1) is 0 Å². The van der Waals surface area contributed by atoms with Crippen LogP contribution in [0.5, 0.6) is 0 Å². The molecule has 0 bridgehead atoms. The third-order valence-electron chi connectivity index (χ3n) is 6.03. The van der Waals surface area contributed by atoms with Crippen molar-refractivity contribution in [3.05, 3.63) is 84.6 Å². The summed E-state index contributed by atoms with van der Waals surface area (Å²) in [4.78, 5) is 30.7. The molecule has 0 saturated carbocycles. The van der Waals surface area contributed by atoms with Crippen LogP contribution in [0.4, 0.5) is 5.82 Å². The molecular formula is C26H25N5O. The van der Waals surface area contributed by atoms with Crippen LogP contribution in [0.3, 0.4) is 0 Å². The molecule has 0 atom stereocenters. The van der Waals surface area contributed by atoms with Gasteiger partial charge in [-0.3, -0.25) is 14.8 Å². The number of fused-ring (bicyclic) bond motifs is 1. The monoisotopic (exact) mass is 423 g/mol. The zero-order valence-electron chi connectivity index (χ0n) is 18.1. The number of rotatable bonds is 5. The number of likely N-dealkylation sites (N-methyl/N-ethyl adjacent to an activating group) is 1. The molecule has 0 N–H and O–H groups in total. The molecule has 1 aliphatic rings. The minimum absolute atomic E-state index is 0.0555. The largest absolute Gasteiger partial charge is 0.354 e. The summed E-state index contributed by atoms with van der Waals surface area (Å²) in [6.45, 7) is 3.85. The molecule has 1 aromatic carbocycles. The second-order valence-corrected chi connectivity index (χ2v) is 8.27. The summed E-state index contributed by atoms with van der Waals surface area (Å²) in [7, 11) is 2.13. The molecule has 1 aliphatic heterocycles. The first-order valence-corrected chi connectivity index (χ1v) is 10.9. The quantitative estimate of drug-likeness (QED) is 0.454. The third kappa shape index (κ3) is 4.36. The molecule has 5 rings (SSSR count). The van der Waals surface area contributed by atoms with Gasteiger partial charge in [-0.15, -0.1) is 0 Å². The number of benzene rings is 1. The summed E-state index contributed by atoms with van der Waals surface area (Å²) in [5.41, 5.74) is 3.69. The first-order valence-electron chi connectivity index (χ1n) is 10.9. The number of carbonyl (C=O) groups excluding carboxylic acids is 1. The Hall–Kier alpha value is -3.64. The molecule has 6 nitrogen and oxygen atoms in total. The minimum Gasteiger partial charge on any atom is -0.354 e. The smallest absolute Gasteiger partial charge is 0.169 e. The van der Waals surface area contributed by atoms with E-state index in [-0.39, 0.29) is 12.2 Å². The van der Waals surface area contributed by atoms with Crippen LogP contribution in [-0.4, -0.2) is 58.9 Å². The Bertz CT molecular complexity index is 1250. The first kappa shape index (κ1) is 20.3. The Morgan fingerprint density at radius 1 is 0.844 bits per heavy atom. The highest BCUT2D eigenvalue weighted by molar-refractivity contribution is 5.98. The average molecular weight is 424 g/mol. The maximum atomic E-state index is 13.0. The van der Waals surface area contributed by atoms with E-state index < -0.39 is 0 Å². The van der Waals surface area contributed by atoms with Crippen molar-refractivity contribution in [2.75, 3.05) is 38.1 Å². The van der Waals surface area contributed by atoms with E-state index in [0.29, 0.717) is 5.56 Å². The maximum Gasteiger partial charge on any atom is 0.169 e. The van der Waals surface area contributed by atoms with Crippen molar-refractivity contribution < 1.29 is 4.79 Å². The molecule has 0 spiro atoms. The second-order valence-electron chi connectivity index (χ2n) is 8.27. The molecule has 160 valence electrons. The van der Waals surface area contributed by atoms with Gasteiger partial charge in [0.2, 0.25) is 0 Å². The van der Waals surface area contributed by atoms with Crippen LogP contribution in [0.1, 0.15) is 16.1 Å². The van der Waals surface area contributed by atoms with E-state index in [4.69, 9.17) is 0 Å². The zero-order chi connectivity index (χ0) is 21.9. The van der Waals surface area contributed by atoms with Crippen molar-refractivity contribution in [3.63, 3.8) is 0 Å². The molecule has 6 heteroatoms. The number of anilines is 1. The summed E-state index contributed by atoms with van der Waals surface area (Å²) in [5.74, 6) is 0.928. The first-order chi connectivity index (χ1) is 15.7. The minimum atomic E-state index is 0.0555. The molecule has 1 saturated heterocycles. The van der Waals surface area contributed by atoms with Crippen molar-refractivity contribution in [1.29, 1.82) is 0 Å². The molecule has 0 unspecified atom stereocenters. The number of hydrogen-bond donors (Lipinski definition) is 0. The highest BCUT2D eigenvalue weighted by atomic mass is 16.1. The van der Waals surface area contributed by atoms with Crippen molar-refractivity contribution in [2.24, 2.45) is 0 Å². The fourth-order valence-electron chi connectivity index (χ4n) is 4.07. The van der Waals surface area contributed by atoms with Crippen molar-refractivity contribution in [3.8, 4) is 11.1 Å². The number of aromatic nitrogens is 3. The van der Waals surface area contributed by atoms with Crippen molar-refractivity contribution >= 4 is 22.4 Å². The van der Waals surface area contributed by atoms with Crippen molar-refractivity contribution in [2.45, 2.75) is 6.42 Å². The van der Waals surface area contributed by atoms with Crippen LogP contribution < -0.4 is 4.90 Å². The summed E-state index contributed by atoms with van der Waals surface area (Å²) >= 11 is 0. The SMILES string of the molecule is CN1CCN(c2cc(C(=O)Cc3cc4cc(-c5ccncc5)ccc4cn3)ccn2)CC1. The Kier molecular flexibility index (Phi) is 5.60. The van der Waals surface area contributed by atoms with E-state index in [9.17, 15) is 4.79 Å². The molecule has 0 aliphatic carbocycles. The lowest BCUT2D eigenvalue weighted by Crippen LogP contribution is -2.44. The normalized spacial score (nSPS) is 14.6. The topological polar surface area (TPSA) is 62.2 Å². The Balaban J connectivity index is 1.36. The fourth-order valence-corrected chi connectivity index (χ4v) is 4.07. The van der Waals surface area contributed by atoms with Gasteiger partial charge in [0.25, 0.3) is 0 Å². The lowest BCUT2D eigenvalue weighted by molar-refractivity contribution is 0.0992.